The van der Waals surface area contributed by atoms with E-state index in [1.165, 1.54) is 11.3 Å². The Bertz CT molecular complexity index is 731. The molecule has 4 nitrogen and oxygen atoms in total. The zero-order chi connectivity index (χ0) is 15.2. The standard InChI is InChI=1S/C13H12F3N3OS/c1-7-17-9(6-21-7)5-19-12(20)10(13(14,15)16)4-11(18-19)8-2-3-8/h4,6,8H,2-3,5H2,1H3. The summed E-state index contributed by atoms with van der Waals surface area (Å²) >= 11 is 1.39. The van der Waals surface area contributed by atoms with Crippen LogP contribution in [-0.2, 0) is 12.7 Å². The summed E-state index contributed by atoms with van der Waals surface area (Å²) in [6.45, 7) is 1.76. The third kappa shape index (κ3) is 2.99. The molecule has 1 aliphatic rings. The predicted molar refractivity (Wildman–Crippen MR) is 71.4 cm³/mol. The summed E-state index contributed by atoms with van der Waals surface area (Å²) in [5.74, 6) is 0.0371. The maximum Gasteiger partial charge on any atom is 0.421 e. The van der Waals surface area contributed by atoms with Crippen molar-refractivity contribution in [1.82, 2.24) is 14.8 Å². The van der Waals surface area contributed by atoms with Crippen LogP contribution in [0.15, 0.2) is 16.2 Å². The number of nitrogens with zero attached hydrogens (tertiary/aromatic N) is 3. The van der Waals surface area contributed by atoms with Gasteiger partial charge in [0.15, 0.2) is 0 Å². The van der Waals surface area contributed by atoms with Crippen LogP contribution in [-0.4, -0.2) is 14.8 Å². The van der Waals surface area contributed by atoms with E-state index in [0.717, 1.165) is 28.6 Å². The van der Waals surface area contributed by atoms with E-state index in [0.29, 0.717) is 11.4 Å². The fourth-order valence-corrected chi connectivity index (χ4v) is 2.69. The molecule has 1 aliphatic carbocycles. The molecular formula is C13H12F3N3OS. The third-order valence-corrected chi connectivity index (χ3v) is 4.09. The van der Waals surface area contributed by atoms with Crippen molar-refractivity contribution in [3.8, 4) is 0 Å². The molecule has 3 rings (SSSR count). The van der Waals surface area contributed by atoms with Gasteiger partial charge in [-0.2, -0.15) is 18.3 Å². The van der Waals surface area contributed by atoms with Gasteiger partial charge in [0.25, 0.3) is 5.56 Å². The van der Waals surface area contributed by atoms with E-state index in [1.54, 1.807) is 12.3 Å². The molecule has 0 amide bonds. The van der Waals surface area contributed by atoms with Gasteiger partial charge in [0.2, 0.25) is 0 Å². The molecule has 2 aromatic rings. The summed E-state index contributed by atoms with van der Waals surface area (Å²) in [6.07, 6.45) is -3.03. The van der Waals surface area contributed by atoms with Crippen LogP contribution in [0.25, 0.3) is 0 Å². The van der Waals surface area contributed by atoms with E-state index in [4.69, 9.17) is 0 Å². The van der Waals surface area contributed by atoms with Gasteiger partial charge in [-0.05, 0) is 25.8 Å². The fourth-order valence-electron chi connectivity index (χ4n) is 2.09. The molecule has 1 fully saturated rings. The zero-order valence-electron chi connectivity index (χ0n) is 11.1. The molecule has 0 bridgehead atoms. The normalized spacial score (nSPS) is 15.4. The second kappa shape index (κ2) is 4.94. The molecule has 0 radical (unpaired) electrons. The first kappa shape index (κ1) is 14.2. The number of hydrogen-bond donors (Lipinski definition) is 0. The first-order chi connectivity index (χ1) is 9.84. The molecule has 2 heterocycles. The molecule has 8 heteroatoms. The van der Waals surface area contributed by atoms with Crippen molar-refractivity contribution < 1.29 is 13.2 Å². The largest absolute Gasteiger partial charge is 0.421 e. The highest BCUT2D eigenvalue weighted by Crippen LogP contribution is 2.40. The lowest BCUT2D eigenvalue weighted by atomic mass is 10.2. The Balaban J connectivity index is 2.05. The van der Waals surface area contributed by atoms with E-state index in [-0.39, 0.29) is 12.5 Å². The maximum atomic E-state index is 13.0. The zero-order valence-corrected chi connectivity index (χ0v) is 12.0. The Morgan fingerprint density at radius 3 is 2.67 bits per heavy atom. The Kier molecular flexibility index (Phi) is 3.35. The highest BCUT2D eigenvalue weighted by molar-refractivity contribution is 7.09. The summed E-state index contributed by atoms with van der Waals surface area (Å²) in [4.78, 5) is 16.1. The Morgan fingerprint density at radius 2 is 2.14 bits per heavy atom. The molecule has 112 valence electrons. The topological polar surface area (TPSA) is 47.8 Å². The Morgan fingerprint density at radius 1 is 1.43 bits per heavy atom. The van der Waals surface area contributed by atoms with Crippen LogP contribution in [0, 0.1) is 6.92 Å². The Labute approximate surface area is 122 Å². The fraction of sp³-hybridized carbons (Fsp3) is 0.462. The number of halogens is 3. The molecule has 2 aromatic heterocycles. The van der Waals surface area contributed by atoms with Gasteiger partial charge in [0.05, 0.1) is 22.9 Å². The molecular weight excluding hydrogens is 303 g/mol. The van der Waals surface area contributed by atoms with Gasteiger partial charge < -0.3 is 0 Å². The first-order valence-corrected chi connectivity index (χ1v) is 7.33. The van der Waals surface area contributed by atoms with Gasteiger partial charge in [-0.25, -0.2) is 9.67 Å². The molecule has 0 aromatic carbocycles. The van der Waals surface area contributed by atoms with Gasteiger partial charge in [-0.15, -0.1) is 11.3 Å². The van der Waals surface area contributed by atoms with Gasteiger partial charge in [0.1, 0.15) is 5.56 Å². The van der Waals surface area contributed by atoms with Crippen molar-refractivity contribution in [2.45, 2.75) is 38.4 Å². The monoisotopic (exact) mass is 315 g/mol. The van der Waals surface area contributed by atoms with Gasteiger partial charge >= 0.3 is 6.18 Å². The smallest absolute Gasteiger partial charge is 0.267 e. The van der Waals surface area contributed by atoms with Gasteiger partial charge in [0, 0.05) is 11.3 Å². The number of alkyl halides is 3. The molecule has 0 aliphatic heterocycles. The number of thiazole rings is 1. The molecule has 0 saturated heterocycles. The average Bonchev–Trinajstić information content (AvgIpc) is 3.15. The summed E-state index contributed by atoms with van der Waals surface area (Å²) < 4.78 is 39.8. The van der Waals surface area contributed by atoms with Crippen LogP contribution < -0.4 is 5.56 Å². The van der Waals surface area contributed by atoms with Crippen molar-refractivity contribution in [2.75, 3.05) is 0 Å². The first-order valence-electron chi connectivity index (χ1n) is 6.45. The number of rotatable bonds is 3. The van der Waals surface area contributed by atoms with Crippen molar-refractivity contribution in [2.24, 2.45) is 0 Å². The molecule has 1 saturated carbocycles. The quantitative estimate of drug-likeness (QED) is 0.875. The second-order valence-corrected chi connectivity index (χ2v) is 6.14. The molecule has 0 spiro atoms. The SMILES string of the molecule is Cc1nc(Cn2nc(C3CC3)cc(C(F)(F)F)c2=O)cs1. The minimum absolute atomic E-state index is 0.0349. The number of hydrogen-bond acceptors (Lipinski definition) is 4. The Hall–Kier alpha value is -1.70. The van der Waals surface area contributed by atoms with Crippen molar-refractivity contribution in [3.05, 3.63) is 43.8 Å². The van der Waals surface area contributed by atoms with Crippen LogP contribution in [0.2, 0.25) is 0 Å². The molecule has 0 N–H and O–H groups in total. The van der Waals surface area contributed by atoms with Crippen molar-refractivity contribution >= 4 is 11.3 Å². The number of aryl methyl sites for hydroxylation is 1. The van der Waals surface area contributed by atoms with Crippen molar-refractivity contribution in [3.63, 3.8) is 0 Å². The van der Waals surface area contributed by atoms with Crippen molar-refractivity contribution in [1.29, 1.82) is 0 Å². The van der Waals surface area contributed by atoms with Gasteiger partial charge in [-0.1, -0.05) is 0 Å². The summed E-state index contributed by atoms with van der Waals surface area (Å²) in [6, 6.07) is 0.892. The van der Waals surface area contributed by atoms with Crippen LogP contribution in [0.1, 0.15) is 40.7 Å². The number of aromatic nitrogens is 3. The lowest BCUT2D eigenvalue weighted by molar-refractivity contribution is -0.139. The highest BCUT2D eigenvalue weighted by Gasteiger charge is 2.37. The summed E-state index contributed by atoms with van der Waals surface area (Å²) in [7, 11) is 0. The average molecular weight is 315 g/mol. The maximum absolute atomic E-state index is 13.0. The molecule has 0 unspecified atom stereocenters. The van der Waals surface area contributed by atoms with E-state index >= 15 is 0 Å². The predicted octanol–water partition coefficient (Wildman–Crippen LogP) is 2.95. The van der Waals surface area contributed by atoms with E-state index < -0.39 is 17.3 Å². The highest BCUT2D eigenvalue weighted by atomic mass is 32.1. The van der Waals surface area contributed by atoms with Crippen LogP contribution in [0.3, 0.4) is 0 Å². The van der Waals surface area contributed by atoms with E-state index in [1.807, 2.05) is 0 Å². The van der Waals surface area contributed by atoms with E-state index in [9.17, 15) is 18.0 Å². The van der Waals surface area contributed by atoms with Crippen LogP contribution in [0.4, 0.5) is 13.2 Å². The molecule has 0 atom stereocenters. The van der Waals surface area contributed by atoms with Crippen LogP contribution in [0.5, 0.6) is 0 Å². The summed E-state index contributed by atoms with van der Waals surface area (Å²) in [5, 5.41) is 6.60. The summed E-state index contributed by atoms with van der Waals surface area (Å²) in [5.41, 5.74) is -1.37. The lowest BCUT2D eigenvalue weighted by Crippen LogP contribution is -2.31. The second-order valence-electron chi connectivity index (χ2n) is 5.08. The minimum atomic E-state index is -4.66. The lowest BCUT2D eigenvalue weighted by Gasteiger charge is -2.11. The van der Waals surface area contributed by atoms with Crippen LogP contribution >= 0.6 is 11.3 Å². The minimum Gasteiger partial charge on any atom is -0.267 e. The van der Waals surface area contributed by atoms with E-state index in [2.05, 4.69) is 10.1 Å². The third-order valence-electron chi connectivity index (χ3n) is 3.27. The van der Waals surface area contributed by atoms with Gasteiger partial charge in [-0.3, -0.25) is 4.79 Å². The molecule has 21 heavy (non-hydrogen) atoms.